The number of halogens is 3. The molecule has 1 aromatic heterocycles. The van der Waals surface area contributed by atoms with E-state index in [1.807, 2.05) is 6.92 Å². The fraction of sp³-hybridized carbons (Fsp3) is 0.588. The van der Waals surface area contributed by atoms with Crippen LogP contribution >= 0.6 is 0 Å². The van der Waals surface area contributed by atoms with E-state index in [0.29, 0.717) is 6.42 Å². The minimum absolute atomic E-state index is 0.00559. The second kappa shape index (κ2) is 11.2. The number of esters is 1. The predicted molar refractivity (Wildman–Crippen MR) is 94.1 cm³/mol. The molecule has 0 N–H and O–H groups in total. The topological polar surface area (TPSA) is 74.6 Å². The Morgan fingerprint density at radius 2 is 2.08 bits per heavy atom. The lowest BCUT2D eigenvalue weighted by atomic mass is 9.96. The van der Waals surface area contributed by atoms with Gasteiger partial charge in [0.1, 0.15) is 11.5 Å². The molecular weight excluding hydrogens is 369 g/mol. The summed E-state index contributed by atoms with van der Waals surface area (Å²) in [5.74, 6) is -2.64. The number of ether oxygens (including phenoxy) is 1. The van der Waals surface area contributed by atoms with E-state index in [9.17, 15) is 22.5 Å². The van der Waals surface area contributed by atoms with Gasteiger partial charge in [0.05, 0.1) is 36.0 Å². The normalized spacial score (nSPS) is 14.8. The van der Waals surface area contributed by atoms with E-state index in [1.54, 1.807) is 12.1 Å². The van der Waals surface area contributed by atoms with Crippen molar-refractivity contribution in [1.82, 2.24) is 4.98 Å². The Kier molecular flexibility index (Phi) is 9.64. The standard InChI is InChI=1S/C17H23F3N2O3S/c1-3-5-10-26(24)22-15(14-8-6-7-9-21-14)11-13(17(18,19)20)12-16(23)25-4-2/h6-9,13H,3-5,10-12H2,1-2H3/b22-15-. The van der Waals surface area contributed by atoms with Gasteiger partial charge in [-0.15, -0.1) is 0 Å². The van der Waals surface area contributed by atoms with E-state index < -0.39 is 42.3 Å². The molecule has 146 valence electrons. The van der Waals surface area contributed by atoms with Gasteiger partial charge in [-0.05, 0) is 25.5 Å². The number of unbranched alkanes of at least 4 members (excludes halogenated alkanes) is 1. The molecule has 0 aliphatic heterocycles. The van der Waals surface area contributed by atoms with Crippen molar-refractivity contribution in [1.29, 1.82) is 0 Å². The summed E-state index contributed by atoms with van der Waals surface area (Å²) in [4.78, 5) is 15.6. The van der Waals surface area contributed by atoms with Crippen molar-refractivity contribution in [2.24, 2.45) is 10.3 Å². The molecule has 0 radical (unpaired) electrons. The number of aromatic nitrogens is 1. The summed E-state index contributed by atoms with van der Waals surface area (Å²) in [6.07, 6.45) is -3.14. The number of alkyl halides is 3. The Hall–Kier alpha value is -1.61. The van der Waals surface area contributed by atoms with Crippen LogP contribution in [-0.4, -0.2) is 39.8 Å². The zero-order valence-electron chi connectivity index (χ0n) is 14.8. The van der Waals surface area contributed by atoms with E-state index in [4.69, 9.17) is 0 Å². The number of hydrogen-bond acceptors (Lipinski definition) is 5. The highest BCUT2D eigenvalue weighted by molar-refractivity contribution is 7.90. The summed E-state index contributed by atoms with van der Waals surface area (Å²) < 4.78 is 60.8. The molecule has 0 fully saturated rings. The average molecular weight is 392 g/mol. The van der Waals surface area contributed by atoms with Crippen molar-refractivity contribution in [2.75, 3.05) is 12.4 Å². The van der Waals surface area contributed by atoms with Gasteiger partial charge >= 0.3 is 12.1 Å². The predicted octanol–water partition coefficient (Wildman–Crippen LogP) is 3.86. The monoisotopic (exact) mass is 392 g/mol. The Bertz CT molecular complexity index is 582. The Morgan fingerprint density at radius 1 is 1.35 bits per heavy atom. The lowest BCUT2D eigenvalue weighted by molar-refractivity contribution is -0.182. The van der Waals surface area contributed by atoms with Gasteiger partial charge in [-0.25, -0.2) is 0 Å². The van der Waals surface area contributed by atoms with Crippen LogP contribution in [0.4, 0.5) is 13.2 Å². The van der Waals surface area contributed by atoms with E-state index in [2.05, 4.69) is 14.1 Å². The van der Waals surface area contributed by atoms with Crippen molar-refractivity contribution in [2.45, 2.75) is 45.7 Å². The zero-order valence-corrected chi connectivity index (χ0v) is 15.6. The molecule has 0 spiro atoms. The third-order valence-electron chi connectivity index (χ3n) is 3.47. The van der Waals surface area contributed by atoms with Crippen LogP contribution in [0.2, 0.25) is 0 Å². The maximum Gasteiger partial charge on any atom is 0.392 e. The van der Waals surface area contributed by atoms with Gasteiger partial charge < -0.3 is 9.29 Å². The lowest BCUT2D eigenvalue weighted by Crippen LogP contribution is -2.29. The molecule has 1 rings (SSSR count). The second-order valence-corrected chi connectivity index (χ2v) is 6.82. The molecule has 1 aromatic rings. The average Bonchev–Trinajstić information content (AvgIpc) is 2.58. The fourth-order valence-electron chi connectivity index (χ4n) is 2.12. The lowest BCUT2D eigenvalue weighted by Gasteiger charge is -2.20. The molecule has 2 atom stereocenters. The van der Waals surface area contributed by atoms with Crippen molar-refractivity contribution >= 4 is 23.0 Å². The summed E-state index contributed by atoms with van der Waals surface area (Å²) in [5.41, 5.74) is 0.196. The minimum atomic E-state index is -4.62. The maximum atomic E-state index is 13.4. The van der Waals surface area contributed by atoms with Crippen molar-refractivity contribution < 1.29 is 27.3 Å². The van der Waals surface area contributed by atoms with Gasteiger partial charge in [0, 0.05) is 12.6 Å². The first-order valence-electron chi connectivity index (χ1n) is 8.37. The van der Waals surface area contributed by atoms with Crippen LogP contribution in [0.25, 0.3) is 0 Å². The number of carbonyl (C=O) groups is 1. The smallest absolute Gasteiger partial charge is 0.392 e. The Labute approximate surface area is 154 Å². The molecule has 5 nitrogen and oxygen atoms in total. The van der Waals surface area contributed by atoms with Gasteiger partial charge in [0.2, 0.25) is 0 Å². The molecule has 2 unspecified atom stereocenters. The summed E-state index contributed by atoms with van der Waals surface area (Å²) in [5, 5.41) is 0. The van der Waals surface area contributed by atoms with Crippen LogP contribution in [0, 0.1) is 5.92 Å². The largest absolute Gasteiger partial charge is 0.591 e. The van der Waals surface area contributed by atoms with Crippen molar-refractivity contribution in [3.8, 4) is 0 Å². The van der Waals surface area contributed by atoms with Crippen LogP contribution in [0.5, 0.6) is 0 Å². The van der Waals surface area contributed by atoms with Crippen LogP contribution < -0.4 is 0 Å². The van der Waals surface area contributed by atoms with Crippen LogP contribution in [0.1, 0.15) is 45.2 Å². The maximum absolute atomic E-state index is 13.4. The molecule has 0 amide bonds. The first-order valence-corrected chi connectivity index (χ1v) is 9.65. The quantitative estimate of drug-likeness (QED) is 0.344. The fourth-order valence-corrected chi connectivity index (χ4v) is 3.16. The van der Waals surface area contributed by atoms with Crippen molar-refractivity contribution in [3.63, 3.8) is 0 Å². The van der Waals surface area contributed by atoms with Crippen LogP contribution in [0.15, 0.2) is 28.8 Å². The number of carbonyl (C=O) groups excluding carboxylic acids is 1. The van der Waals surface area contributed by atoms with Crippen LogP contribution in [0.3, 0.4) is 0 Å². The number of nitrogens with zero attached hydrogens (tertiary/aromatic N) is 2. The van der Waals surface area contributed by atoms with Gasteiger partial charge in [-0.1, -0.05) is 23.8 Å². The third kappa shape index (κ3) is 8.18. The van der Waals surface area contributed by atoms with E-state index in [-0.39, 0.29) is 23.8 Å². The van der Waals surface area contributed by atoms with Gasteiger partial charge in [0.25, 0.3) is 0 Å². The summed E-state index contributed by atoms with van der Waals surface area (Å²) >= 11 is -1.65. The third-order valence-corrected chi connectivity index (χ3v) is 4.53. The summed E-state index contributed by atoms with van der Waals surface area (Å²) in [7, 11) is 0. The molecule has 1 heterocycles. The SMILES string of the molecule is CCCC[S+]([O-])/N=C(/CC(CC(=O)OCC)C(F)(F)F)c1ccccn1. The molecule has 9 heteroatoms. The van der Waals surface area contributed by atoms with E-state index in [1.165, 1.54) is 19.2 Å². The molecule has 0 aliphatic rings. The molecule has 0 bridgehead atoms. The number of pyridine rings is 1. The molecular formula is C17H23F3N2O3S. The first kappa shape index (κ1) is 22.4. The molecule has 0 aliphatic carbocycles. The highest BCUT2D eigenvalue weighted by Crippen LogP contribution is 2.33. The van der Waals surface area contributed by atoms with Gasteiger partial charge in [0.15, 0.2) is 0 Å². The second-order valence-electron chi connectivity index (χ2n) is 5.58. The Morgan fingerprint density at radius 3 is 2.62 bits per heavy atom. The van der Waals surface area contributed by atoms with Gasteiger partial charge in [-0.3, -0.25) is 9.78 Å². The van der Waals surface area contributed by atoms with Crippen LogP contribution in [-0.2, 0) is 20.9 Å². The summed E-state index contributed by atoms with van der Waals surface area (Å²) in [6, 6.07) is 4.74. The number of hydrogen-bond donors (Lipinski definition) is 0. The van der Waals surface area contributed by atoms with E-state index in [0.717, 1.165) is 6.42 Å². The minimum Gasteiger partial charge on any atom is -0.591 e. The highest BCUT2D eigenvalue weighted by Gasteiger charge is 2.42. The Balaban J connectivity index is 3.07. The molecule has 0 aromatic carbocycles. The van der Waals surface area contributed by atoms with Gasteiger partial charge in [-0.2, -0.15) is 13.2 Å². The number of rotatable bonds is 10. The summed E-state index contributed by atoms with van der Waals surface area (Å²) in [6.45, 7) is 3.45. The molecule has 26 heavy (non-hydrogen) atoms. The van der Waals surface area contributed by atoms with E-state index >= 15 is 0 Å². The highest BCUT2D eigenvalue weighted by atomic mass is 32.2. The molecule has 0 saturated carbocycles. The zero-order chi connectivity index (χ0) is 19.6. The van der Waals surface area contributed by atoms with Crippen molar-refractivity contribution in [3.05, 3.63) is 30.1 Å². The first-order chi connectivity index (χ1) is 12.3. The molecule has 0 saturated heterocycles.